The Morgan fingerprint density at radius 3 is 2.55 bits per heavy atom. The van der Waals surface area contributed by atoms with Crippen LogP contribution in [0, 0.1) is 11.8 Å². The molecule has 180 valence electrons. The van der Waals surface area contributed by atoms with Gasteiger partial charge in [0.05, 0.1) is 29.8 Å². The largest absolute Gasteiger partial charge is 0.494 e. The molecule has 3 fully saturated rings. The Kier molecular flexibility index (Phi) is 6.39. The van der Waals surface area contributed by atoms with Crippen LogP contribution in [-0.2, 0) is 14.4 Å². The second-order valence-corrected chi connectivity index (χ2v) is 11.6. The van der Waals surface area contributed by atoms with E-state index >= 15 is 0 Å². The molecule has 0 radical (unpaired) electrons. The predicted molar refractivity (Wildman–Crippen MR) is 127 cm³/mol. The molecule has 8 nitrogen and oxygen atoms in total. The van der Waals surface area contributed by atoms with Gasteiger partial charge in [-0.05, 0) is 64.8 Å². The Bertz CT molecular complexity index is 931. The monoisotopic (exact) mass is 475 g/mol. The summed E-state index contributed by atoms with van der Waals surface area (Å²) in [6, 6.07) is 6.47. The van der Waals surface area contributed by atoms with E-state index < -0.39 is 28.2 Å². The Labute approximate surface area is 198 Å². The maximum absolute atomic E-state index is 13.6. The van der Waals surface area contributed by atoms with Crippen molar-refractivity contribution in [3.05, 3.63) is 24.3 Å². The Hall–Kier alpha value is -2.26. The fourth-order valence-corrected chi connectivity index (χ4v) is 7.79. The van der Waals surface area contributed by atoms with Gasteiger partial charge < -0.3 is 25.4 Å². The second kappa shape index (κ2) is 8.83. The fourth-order valence-electron chi connectivity index (χ4n) is 5.57. The van der Waals surface area contributed by atoms with Gasteiger partial charge in [-0.3, -0.25) is 14.4 Å². The molecule has 33 heavy (non-hydrogen) atoms. The van der Waals surface area contributed by atoms with Crippen LogP contribution in [0.5, 0.6) is 5.75 Å². The number of hydrogen-bond acceptors (Lipinski definition) is 6. The number of amides is 3. The van der Waals surface area contributed by atoms with Crippen molar-refractivity contribution in [1.29, 1.82) is 0 Å². The number of aliphatic hydroxyl groups excluding tert-OH is 1. The molecule has 0 aromatic heterocycles. The van der Waals surface area contributed by atoms with Crippen LogP contribution < -0.4 is 15.4 Å². The van der Waals surface area contributed by atoms with Gasteiger partial charge in [0.2, 0.25) is 17.7 Å². The summed E-state index contributed by atoms with van der Waals surface area (Å²) in [6.07, 6.45) is 1.48. The van der Waals surface area contributed by atoms with Crippen molar-refractivity contribution in [1.82, 2.24) is 10.2 Å². The van der Waals surface area contributed by atoms with Crippen molar-refractivity contribution in [3.63, 3.8) is 0 Å². The Morgan fingerprint density at radius 1 is 1.24 bits per heavy atom. The number of nitrogens with zero attached hydrogens (tertiary/aromatic N) is 1. The molecule has 3 aliphatic rings. The average Bonchev–Trinajstić information content (AvgIpc) is 3.36. The third kappa shape index (κ3) is 4.21. The minimum Gasteiger partial charge on any atom is -0.494 e. The molecule has 3 saturated heterocycles. The molecule has 3 N–H and O–H groups in total. The molecule has 1 spiro atoms. The number of β-amino-alcohol motifs (C(OH)–C–C–N with tert-alkyl or cyclic N) is 1. The lowest BCUT2D eigenvalue weighted by Crippen LogP contribution is -2.57. The topological polar surface area (TPSA) is 108 Å². The van der Waals surface area contributed by atoms with Crippen LogP contribution >= 0.6 is 11.8 Å². The average molecular weight is 476 g/mol. The summed E-state index contributed by atoms with van der Waals surface area (Å²) in [4.78, 5) is 41.8. The number of likely N-dealkylation sites (tertiary alicyclic amines) is 1. The minimum atomic E-state index is -0.695. The first-order chi connectivity index (χ1) is 15.6. The van der Waals surface area contributed by atoms with Gasteiger partial charge in [0.15, 0.2) is 0 Å². The van der Waals surface area contributed by atoms with E-state index in [0.717, 1.165) is 12.2 Å². The van der Waals surface area contributed by atoms with Crippen molar-refractivity contribution < 1.29 is 24.2 Å². The standard InChI is InChI=1S/C24H33N3O5S/c1-5-32-15-8-6-14(7-9-15)25-20(29)17-16-10-11-24(33-16)18(17)22(31)27(12-13-28)19(24)21(30)26-23(2,3)4/h6-9,16-19,28H,5,10-13H2,1-4H3,(H,25,29)(H,26,30)/t16-,17+,18+,19?,24?/m1/s1. The van der Waals surface area contributed by atoms with Crippen LogP contribution in [-0.4, -0.2) is 69.1 Å². The molecular weight excluding hydrogens is 442 g/mol. The fraction of sp³-hybridized carbons (Fsp3) is 0.625. The van der Waals surface area contributed by atoms with Gasteiger partial charge in [0.25, 0.3) is 0 Å². The first-order valence-corrected chi connectivity index (χ1v) is 12.4. The highest BCUT2D eigenvalue weighted by molar-refractivity contribution is 8.02. The highest BCUT2D eigenvalue weighted by Crippen LogP contribution is 2.66. The molecule has 3 heterocycles. The first kappa shape index (κ1) is 23.9. The highest BCUT2D eigenvalue weighted by atomic mass is 32.2. The molecule has 2 unspecified atom stereocenters. The number of rotatable bonds is 7. The smallest absolute Gasteiger partial charge is 0.244 e. The molecule has 0 aliphatic carbocycles. The van der Waals surface area contributed by atoms with Gasteiger partial charge in [0.1, 0.15) is 11.8 Å². The van der Waals surface area contributed by atoms with Gasteiger partial charge in [-0.25, -0.2) is 0 Å². The van der Waals surface area contributed by atoms with E-state index in [4.69, 9.17) is 4.74 Å². The van der Waals surface area contributed by atoms with Crippen LogP contribution in [0.15, 0.2) is 24.3 Å². The van der Waals surface area contributed by atoms with Crippen molar-refractivity contribution >= 4 is 35.2 Å². The summed E-state index contributed by atoms with van der Waals surface area (Å²) >= 11 is 1.62. The lowest BCUT2D eigenvalue weighted by Gasteiger charge is -2.36. The number of carbonyl (C=O) groups is 3. The number of anilines is 1. The summed E-state index contributed by atoms with van der Waals surface area (Å²) in [5.74, 6) is -0.990. The number of nitrogens with one attached hydrogen (secondary N) is 2. The molecule has 3 amide bonds. The SMILES string of the molecule is CCOc1ccc(NC(=O)[C@@H]2[C@H]3C(=O)N(CCO)C(C(=O)NC(C)(C)C)C34CC[C@H]2S4)cc1. The number of carbonyl (C=O) groups excluding carboxylic acids is 3. The molecule has 3 aliphatic heterocycles. The van der Waals surface area contributed by atoms with Crippen LogP contribution in [0.1, 0.15) is 40.5 Å². The zero-order valence-corrected chi connectivity index (χ0v) is 20.4. The third-order valence-corrected chi connectivity index (χ3v) is 8.58. The third-order valence-electron chi connectivity index (χ3n) is 6.62. The van der Waals surface area contributed by atoms with Crippen molar-refractivity contribution in [2.45, 2.75) is 62.1 Å². The molecule has 0 saturated carbocycles. The highest BCUT2D eigenvalue weighted by Gasteiger charge is 2.73. The summed E-state index contributed by atoms with van der Waals surface area (Å²) in [5.41, 5.74) is 0.191. The summed E-state index contributed by atoms with van der Waals surface area (Å²) in [5, 5.41) is 15.6. The van der Waals surface area contributed by atoms with Gasteiger partial charge in [0, 0.05) is 23.0 Å². The molecule has 5 atom stereocenters. The van der Waals surface area contributed by atoms with E-state index in [1.54, 1.807) is 36.0 Å². The van der Waals surface area contributed by atoms with Crippen molar-refractivity contribution in [2.75, 3.05) is 25.1 Å². The van der Waals surface area contributed by atoms with E-state index in [1.807, 2.05) is 27.7 Å². The van der Waals surface area contributed by atoms with E-state index in [0.29, 0.717) is 18.7 Å². The van der Waals surface area contributed by atoms with E-state index in [9.17, 15) is 19.5 Å². The summed E-state index contributed by atoms with van der Waals surface area (Å²) < 4.78 is 4.81. The maximum Gasteiger partial charge on any atom is 0.244 e. The Morgan fingerprint density at radius 2 is 1.94 bits per heavy atom. The summed E-state index contributed by atoms with van der Waals surface area (Å²) in [7, 11) is 0. The van der Waals surface area contributed by atoms with Crippen LogP contribution in [0.3, 0.4) is 0 Å². The zero-order valence-electron chi connectivity index (χ0n) is 19.6. The van der Waals surface area contributed by atoms with Gasteiger partial charge in [-0.15, -0.1) is 11.8 Å². The number of benzene rings is 1. The van der Waals surface area contributed by atoms with Crippen LogP contribution in [0.4, 0.5) is 5.69 Å². The van der Waals surface area contributed by atoms with Gasteiger partial charge in [-0.2, -0.15) is 0 Å². The lowest BCUT2D eigenvalue weighted by atomic mass is 9.70. The minimum absolute atomic E-state index is 0.0112. The molecule has 1 aromatic carbocycles. The zero-order chi connectivity index (χ0) is 24.0. The molecule has 4 rings (SSSR count). The van der Waals surface area contributed by atoms with Crippen LogP contribution in [0.25, 0.3) is 0 Å². The molecule has 1 aromatic rings. The van der Waals surface area contributed by atoms with Crippen molar-refractivity contribution in [2.24, 2.45) is 11.8 Å². The number of aliphatic hydroxyl groups is 1. The predicted octanol–water partition coefficient (Wildman–Crippen LogP) is 2.02. The number of ether oxygens (including phenoxy) is 1. The second-order valence-electron chi connectivity index (χ2n) is 10.00. The summed E-state index contributed by atoms with van der Waals surface area (Å²) in [6.45, 7) is 8.03. The molecule has 9 heteroatoms. The lowest BCUT2D eigenvalue weighted by molar-refractivity contribution is -0.139. The molecular formula is C24H33N3O5S. The van der Waals surface area contributed by atoms with Gasteiger partial charge in [-0.1, -0.05) is 0 Å². The van der Waals surface area contributed by atoms with E-state index in [2.05, 4.69) is 10.6 Å². The maximum atomic E-state index is 13.6. The number of fused-ring (bicyclic) bond motifs is 1. The quantitative estimate of drug-likeness (QED) is 0.557. The first-order valence-electron chi connectivity index (χ1n) is 11.6. The van der Waals surface area contributed by atoms with E-state index in [-0.39, 0.29) is 36.1 Å². The van der Waals surface area contributed by atoms with Crippen molar-refractivity contribution in [3.8, 4) is 5.75 Å². The Balaban J connectivity index is 1.60. The number of hydrogen-bond donors (Lipinski definition) is 3. The van der Waals surface area contributed by atoms with Crippen LogP contribution in [0.2, 0.25) is 0 Å². The normalized spacial score (nSPS) is 30.3. The number of thioether (sulfide) groups is 1. The van der Waals surface area contributed by atoms with Gasteiger partial charge >= 0.3 is 0 Å². The molecule has 2 bridgehead atoms. The van der Waals surface area contributed by atoms with E-state index in [1.165, 1.54) is 4.90 Å².